The van der Waals surface area contributed by atoms with Crippen LogP contribution >= 0.6 is 0 Å². The van der Waals surface area contributed by atoms with Crippen molar-refractivity contribution in [2.45, 2.75) is 97.2 Å². The fourth-order valence-corrected chi connectivity index (χ4v) is 7.54. The molecule has 194 valence electrons. The second kappa shape index (κ2) is 11.0. The maximum absolute atomic E-state index is 13.3. The second-order valence-corrected chi connectivity index (χ2v) is 12.1. The van der Waals surface area contributed by atoms with Crippen molar-refractivity contribution >= 4 is 11.8 Å². The summed E-state index contributed by atoms with van der Waals surface area (Å²) in [6, 6.07) is 3.97. The molecule has 6 heteroatoms. The van der Waals surface area contributed by atoms with Gasteiger partial charge in [-0.2, -0.15) is 0 Å². The zero-order valence-corrected chi connectivity index (χ0v) is 22.1. The summed E-state index contributed by atoms with van der Waals surface area (Å²) in [4.78, 5) is 32.2. The molecular formula is C29H45N3O3. The van der Waals surface area contributed by atoms with E-state index in [-0.39, 0.29) is 52.9 Å². The zero-order chi connectivity index (χ0) is 25.2. The fraction of sp³-hybridized carbons (Fsp3) is 0.759. The van der Waals surface area contributed by atoms with Gasteiger partial charge in [0.05, 0.1) is 6.10 Å². The second-order valence-electron chi connectivity index (χ2n) is 12.1. The normalized spacial score (nSPS) is 34.5. The first-order valence-electron chi connectivity index (χ1n) is 13.8. The van der Waals surface area contributed by atoms with Gasteiger partial charge < -0.3 is 15.3 Å². The Morgan fingerprint density at radius 3 is 2.60 bits per heavy atom. The topological polar surface area (TPSA) is 82.5 Å². The molecule has 0 aliphatic heterocycles. The number of aromatic nitrogens is 1. The number of aliphatic hydroxyl groups excluding tert-OH is 1. The van der Waals surface area contributed by atoms with Crippen molar-refractivity contribution in [2.75, 3.05) is 7.05 Å². The maximum Gasteiger partial charge on any atom is 0.225 e. The molecule has 1 heterocycles. The van der Waals surface area contributed by atoms with Gasteiger partial charge >= 0.3 is 0 Å². The average molecular weight is 484 g/mol. The first-order valence-corrected chi connectivity index (χ1v) is 13.8. The maximum atomic E-state index is 13.3. The van der Waals surface area contributed by atoms with Gasteiger partial charge in [-0.25, -0.2) is 0 Å². The largest absolute Gasteiger partial charge is 0.392 e. The summed E-state index contributed by atoms with van der Waals surface area (Å²) in [5.74, 6) is 0.411. The van der Waals surface area contributed by atoms with Gasteiger partial charge in [-0.3, -0.25) is 14.6 Å². The van der Waals surface area contributed by atoms with E-state index in [4.69, 9.17) is 0 Å². The molecule has 0 spiro atoms. The third kappa shape index (κ3) is 5.58. The molecule has 35 heavy (non-hydrogen) atoms. The number of carbonyl (C=O) groups is 2. The highest BCUT2D eigenvalue weighted by Gasteiger charge is 2.54. The molecule has 2 N–H and O–H groups in total. The molecule has 3 aliphatic carbocycles. The zero-order valence-electron chi connectivity index (χ0n) is 22.1. The Morgan fingerprint density at radius 2 is 1.91 bits per heavy atom. The molecule has 6 nitrogen and oxygen atoms in total. The van der Waals surface area contributed by atoms with Crippen molar-refractivity contribution in [3.8, 4) is 0 Å². The van der Waals surface area contributed by atoms with Gasteiger partial charge in [0.2, 0.25) is 11.8 Å². The highest BCUT2D eigenvalue weighted by atomic mass is 16.3. The summed E-state index contributed by atoms with van der Waals surface area (Å²) in [7, 11) is 1.84. The van der Waals surface area contributed by atoms with Crippen molar-refractivity contribution in [1.29, 1.82) is 0 Å². The van der Waals surface area contributed by atoms with Crippen LogP contribution in [0.4, 0.5) is 0 Å². The van der Waals surface area contributed by atoms with E-state index in [1.54, 1.807) is 17.3 Å². The predicted molar refractivity (Wildman–Crippen MR) is 137 cm³/mol. The molecule has 3 aliphatic rings. The molecule has 1 aromatic heterocycles. The molecule has 0 radical (unpaired) electrons. The highest BCUT2D eigenvalue weighted by molar-refractivity contribution is 5.79. The predicted octanol–water partition coefficient (Wildman–Crippen LogP) is 4.56. The quantitative estimate of drug-likeness (QED) is 0.621. The molecule has 1 aromatic rings. The van der Waals surface area contributed by atoms with E-state index >= 15 is 0 Å². The van der Waals surface area contributed by atoms with Gasteiger partial charge in [-0.05, 0) is 73.3 Å². The summed E-state index contributed by atoms with van der Waals surface area (Å²) in [5.41, 5.74) is 1.07. The van der Waals surface area contributed by atoms with Crippen LogP contribution < -0.4 is 5.32 Å². The van der Waals surface area contributed by atoms with Gasteiger partial charge in [0, 0.05) is 43.9 Å². The Kier molecular flexibility index (Phi) is 8.19. The number of hydrogen-bond donors (Lipinski definition) is 2. The van der Waals surface area contributed by atoms with Crippen LogP contribution in [0.5, 0.6) is 0 Å². The molecule has 3 saturated carbocycles. The van der Waals surface area contributed by atoms with E-state index in [9.17, 15) is 14.7 Å². The van der Waals surface area contributed by atoms with E-state index < -0.39 is 6.10 Å². The summed E-state index contributed by atoms with van der Waals surface area (Å²) in [6.45, 7) is 7.02. The summed E-state index contributed by atoms with van der Waals surface area (Å²) < 4.78 is 0. The van der Waals surface area contributed by atoms with Crippen LogP contribution in [-0.2, 0) is 16.1 Å². The first-order chi connectivity index (χ1) is 16.7. The lowest BCUT2D eigenvalue weighted by Crippen LogP contribution is -2.59. The smallest absolute Gasteiger partial charge is 0.225 e. The number of amides is 2. The van der Waals surface area contributed by atoms with Crippen LogP contribution in [0.25, 0.3) is 0 Å². The molecule has 0 unspecified atom stereocenters. The minimum atomic E-state index is -0.538. The van der Waals surface area contributed by atoms with Crippen LogP contribution in [-0.4, -0.2) is 46.0 Å². The SMILES string of the molecule is C[C@H]1[C@@H]2[C@@H](O)[C@@H]([C@H](C)C(=O)N(C)Cc3cccnc3)CC[C@@]2(C)CC[C@@H]1NC(=O)C1CCCCC1. The Bertz CT molecular complexity index is 871. The van der Waals surface area contributed by atoms with Crippen molar-refractivity contribution in [3.05, 3.63) is 30.1 Å². The van der Waals surface area contributed by atoms with Crippen molar-refractivity contribution in [3.63, 3.8) is 0 Å². The van der Waals surface area contributed by atoms with Gasteiger partial charge in [-0.15, -0.1) is 0 Å². The van der Waals surface area contributed by atoms with E-state index in [2.05, 4.69) is 24.1 Å². The molecule has 0 aromatic carbocycles. The number of aliphatic hydroxyl groups is 1. The Hall–Kier alpha value is -1.95. The summed E-state index contributed by atoms with van der Waals surface area (Å²) in [5, 5.41) is 15.1. The van der Waals surface area contributed by atoms with Crippen LogP contribution in [0.15, 0.2) is 24.5 Å². The minimum absolute atomic E-state index is 0.0613. The van der Waals surface area contributed by atoms with Crippen molar-refractivity contribution < 1.29 is 14.7 Å². The van der Waals surface area contributed by atoms with Crippen LogP contribution in [0.1, 0.15) is 84.1 Å². The van der Waals surface area contributed by atoms with Crippen LogP contribution in [0.3, 0.4) is 0 Å². The number of nitrogens with one attached hydrogen (secondary N) is 1. The summed E-state index contributed by atoms with van der Waals surface area (Å²) >= 11 is 0. The standard InChI is InChI=1S/C29H45N3O3/c1-19(28(35)32(4)18-21-9-8-16-30-17-21)23-12-14-29(3)15-13-24(20(2)25(29)26(23)33)31-27(34)22-10-6-5-7-11-22/h8-9,16-17,19-20,22-26,33H,5-7,10-15,18H2,1-4H3,(H,31,34)/t19-,20+,23+,24-,25+,26-,29-/m0/s1. The third-order valence-electron chi connectivity index (χ3n) is 9.74. The molecule has 4 rings (SSSR count). The molecule has 0 bridgehead atoms. The molecule has 7 atom stereocenters. The monoisotopic (exact) mass is 483 g/mol. The number of fused-ring (bicyclic) bond motifs is 1. The van der Waals surface area contributed by atoms with Gasteiger partial charge in [0.15, 0.2) is 0 Å². The van der Waals surface area contributed by atoms with Gasteiger partial charge in [0.1, 0.15) is 0 Å². The van der Waals surface area contributed by atoms with E-state index in [0.717, 1.165) is 56.9 Å². The molecule has 0 saturated heterocycles. The van der Waals surface area contributed by atoms with Gasteiger partial charge in [0.25, 0.3) is 0 Å². The van der Waals surface area contributed by atoms with Crippen LogP contribution in [0, 0.1) is 35.0 Å². The number of rotatable bonds is 6. The lowest BCUT2D eigenvalue weighted by atomic mass is 9.51. The van der Waals surface area contributed by atoms with Crippen molar-refractivity contribution in [2.24, 2.45) is 35.0 Å². The average Bonchev–Trinajstić information content (AvgIpc) is 2.86. The molecule has 2 amide bonds. The third-order valence-corrected chi connectivity index (χ3v) is 9.74. The summed E-state index contributed by atoms with van der Waals surface area (Å²) in [6.07, 6.45) is 12.4. The number of pyridine rings is 1. The Morgan fingerprint density at radius 1 is 1.20 bits per heavy atom. The molecule has 3 fully saturated rings. The number of nitrogens with zero attached hydrogens (tertiary/aromatic N) is 2. The highest BCUT2D eigenvalue weighted by Crippen LogP contribution is 2.55. The fourth-order valence-electron chi connectivity index (χ4n) is 7.54. The lowest BCUT2D eigenvalue weighted by molar-refractivity contribution is -0.150. The van der Waals surface area contributed by atoms with E-state index in [1.165, 1.54) is 6.42 Å². The first kappa shape index (κ1) is 26.1. The Labute approximate surface area is 211 Å². The molecular weight excluding hydrogens is 438 g/mol. The van der Waals surface area contributed by atoms with Gasteiger partial charge in [-0.1, -0.05) is 46.1 Å². The lowest BCUT2D eigenvalue weighted by Gasteiger charge is -2.56. The van der Waals surface area contributed by atoms with Crippen LogP contribution in [0.2, 0.25) is 0 Å². The van der Waals surface area contributed by atoms with Crippen molar-refractivity contribution in [1.82, 2.24) is 15.2 Å². The van der Waals surface area contributed by atoms with E-state index in [0.29, 0.717) is 6.54 Å². The Balaban J connectivity index is 1.42. The number of carbonyl (C=O) groups excluding carboxylic acids is 2. The number of hydrogen-bond acceptors (Lipinski definition) is 4. The van der Waals surface area contributed by atoms with E-state index in [1.807, 2.05) is 26.1 Å². The minimum Gasteiger partial charge on any atom is -0.392 e.